The minimum Gasteiger partial charge on any atom is -0.354 e. The average Bonchev–Trinajstić information content (AvgIpc) is 2.53. The summed E-state index contributed by atoms with van der Waals surface area (Å²) >= 11 is 0. The molecule has 2 heterocycles. The van der Waals surface area contributed by atoms with Crippen molar-refractivity contribution < 1.29 is 4.79 Å². The van der Waals surface area contributed by atoms with Crippen LogP contribution in [0, 0.1) is 30.1 Å². The maximum absolute atomic E-state index is 12.5. The predicted octanol–water partition coefficient (Wildman–Crippen LogP) is 2.20. The summed E-state index contributed by atoms with van der Waals surface area (Å²) in [5.41, 5.74) is 0.0166. The summed E-state index contributed by atoms with van der Waals surface area (Å²) < 4.78 is 0. The third-order valence-electron chi connectivity index (χ3n) is 5.69. The Bertz CT molecular complexity index is 450. The van der Waals surface area contributed by atoms with Crippen molar-refractivity contribution in [1.29, 1.82) is 0 Å². The predicted molar refractivity (Wildman–Crippen MR) is 99.6 cm³/mol. The van der Waals surface area contributed by atoms with E-state index >= 15 is 0 Å². The molecular formula is C20H35N3O. The van der Waals surface area contributed by atoms with Gasteiger partial charge in [0.25, 0.3) is 0 Å². The zero-order valence-electron chi connectivity index (χ0n) is 16.0. The van der Waals surface area contributed by atoms with E-state index in [0.717, 1.165) is 57.4 Å². The van der Waals surface area contributed by atoms with Crippen molar-refractivity contribution in [3.05, 3.63) is 0 Å². The number of carbonyl (C=O) groups is 1. The second-order valence-corrected chi connectivity index (χ2v) is 8.64. The second kappa shape index (κ2) is 8.36. The van der Waals surface area contributed by atoms with Crippen LogP contribution in [-0.4, -0.2) is 60.5 Å². The van der Waals surface area contributed by atoms with E-state index in [9.17, 15) is 4.79 Å². The molecule has 0 unspecified atom stereocenters. The first-order valence-corrected chi connectivity index (χ1v) is 9.50. The number of hydrogen-bond donors (Lipinski definition) is 1. The molecule has 0 radical (unpaired) electrons. The molecular weight excluding hydrogens is 298 g/mol. The highest BCUT2D eigenvalue weighted by Gasteiger charge is 2.33. The van der Waals surface area contributed by atoms with Gasteiger partial charge in [-0.05, 0) is 58.0 Å². The maximum atomic E-state index is 12.5. The summed E-state index contributed by atoms with van der Waals surface area (Å²) in [7, 11) is 0. The van der Waals surface area contributed by atoms with Crippen LogP contribution in [0.3, 0.4) is 0 Å². The van der Waals surface area contributed by atoms with Gasteiger partial charge >= 0.3 is 0 Å². The van der Waals surface area contributed by atoms with Gasteiger partial charge in [0, 0.05) is 31.1 Å². The Morgan fingerprint density at radius 2 is 1.79 bits per heavy atom. The normalized spacial score (nSPS) is 27.6. The smallest absolute Gasteiger partial charge is 0.223 e. The minimum atomic E-state index is 0.0166. The molecule has 4 heteroatoms. The Morgan fingerprint density at radius 1 is 1.21 bits per heavy atom. The lowest BCUT2D eigenvalue weighted by molar-refractivity contribution is -0.127. The third-order valence-corrected chi connectivity index (χ3v) is 5.69. The third kappa shape index (κ3) is 5.22. The number of piperidine rings is 2. The molecule has 2 aliphatic heterocycles. The van der Waals surface area contributed by atoms with Crippen LogP contribution in [0.1, 0.15) is 47.0 Å². The molecule has 2 fully saturated rings. The number of carbonyl (C=O) groups excluding carboxylic acids is 1. The second-order valence-electron chi connectivity index (χ2n) is 8.64. The van der Waals surface area contributed by atoms with Gasteiger partial charge in [-0.1, -0.05) is 19.8 Å². The molecule has 0 aromatic heterocycles. The lowest BCUT2D eigenvalue weighted by Gasteiger charge is -2.45. The number of amides is 1. The number of hydrogen-bond acceptors (Lipinski definition) is 3. The van der Waals surface area contributed by atoms with Crippen molar-refractivity contribution in [2.45, 2.75) is 52.5 Å². The van der Waals surface area contributed by atoms with Gasteiger partial charge in [0.15, 0.2) is 0 Å². The van der Waals surface area contributed by atoms with E-state index in [1.165, 1.54) is 6.42 Å². The molecule has 1 amide bonds. The van der Waals surface area contributed by atoms with Crippen LogP contribution in [0.15, 0.2) is 0 Å². The molecule has 0 spiro atoms. The maximum Gasteiger partial charge on any atom is 0.223 e. The molecule has 4 nitrogen and oxygen atoms in total. The Morgan fingerprint density at radius 3 is 2.33 bits per heavy atom. The Kier molecular flexibility index (Phi) is 6.71. The fourth-order valence-corrected chi connectivity index (χ4v) is 4.20. The Hall–Kier alpha value is -1.05. The van der Waals surface area contributed by atoms with Crippen LogP contribution in [0.4, 0.5) is 0 Å². The summed E-state index contributed by atoms with van der Waals surface area (Å²) in [5.74, 6) is 4.54. The van der Waals surface area contributed by atoms with E-state index in [1.54, 1.807) is 0 Å². The van der Waals surface area contributed by atoms with Gasteiger partial charge in [-0.15, -0.1) is 6.42 Å². The van der Waals surface area contributed by atoms with Crippen molar-refractivity contribution in [2.24, 2.45) is 17.8 Å². The van der Waals surface area contributed by atoms with Crippen LogP contribution in [0.25, 0.3) is 0 Å². The Labute approximate surface area is 148 Å². The number of likely N-dealkylation sites (tertiary alicyclic amines) is 2. The van der Waals surface area contributed by atoms with Gasteiger partial charge in [0.1, 0.15) is 0 Å². The molecule has 136 valence electrons. The SMILES string of the molecule is C#CCN1CCC(C(=O)NCC(C)(C)N2C[C@H](C)C[C@H](C)C2)CC1. The first-order chi connectivity index (χ1) is 11.3. The lowest BCUT2D eigenvalue weighted by atomic mass is 9.87. The molecule has 2 aliphatic rings. The summed E-state index contributed by atoms with van der Waals surface area (Å²) in [6.45, 7) is 14.8. The fraction of sp³-hybridized carbons (Fsp3) is 0.850. The standard InChI is InChI=1S/C20H35N3O/c1-6-9-22-10-7-18(8-11-22)19(24)21-15-20(4,5)23-13-16(2)12-17(3)14-23/h1,16-18H,7-15H2,2-5H3,(H,21,24)/t16-,17+. The van der Waals surface area contributed by atoms with E-state index in [1.807, 2.05) is 0 Å². The molecule has 0 aromatic rings. The van der Waals surface area contributed by atoms with Crippen molar-refractivity contribution in [3.63, 3.8) is 0 Å². The number of rotatable bonds is 5. The van der Waals surface area contributed by atoms with E-state index in [0.29, 0.717) is 6.54 Å². The van der Waals surface area contributed by atoms with Crippen molar-refractivity contribution in [1.82, 2.24) is 15.1 Å². The van der Waals surface area contributed by atoms with Crippen LogP contribution in [0.2, 0.25) is 0 Å². The van der Waals surface area contributed by atoms with E-state index in [4.69, 9.17) is 6.42 Å². The molecule has 0 saturated carbocycles. The van der Waals surface area contributed by atoms with Gasteiger partial charge in [-0.3, -0.25) is 14.6 Å². The molecule has 1 N–H and O–H groups in total. The highest BCUT2D eigenvalue weighted by Crippen LogP contribution is 2.27. The minimum absolute atomic E-state index is 0.0166. The fourth-order valence-electron chi connectivity index (χ4n) is 4.20. The number of nitrogens with one attached hydrogen (secondary N) is 1. The highest BCUT2D eigenvalue weighted by atomic mass is 16.1. The molecule has 2 rings (SSSR count). The summed E-state index contributed by atoms with van der Waals surface area (Å²) in [5, 5.41) is 3.23. The highest BCUT2D eigenvalue weighted by molar-refractivity contribution is 5.78. The zero-order valence-corrected chi connectivity index (χ0v) is 16.0. The van der Waals surface area contributed by atoms with Crippen molar-refractivity contribution in [3.8, 4) is 12.3 Å². The van der Waals surface area contributed by atoms with Gasteiger partial charge in [0.05, 0.1) is 6.54 Å². The Balaban J connectivity index is 1.79. The van der Waals surface area contributed by atoms with Gasteiger partial charge in [-0.25, -0.2) is 0 Å². The quantitative estimate of drug-likeness (QED) is 0.784. The van der Waals surface area contributed by atoms with Gasteiger partial charge in [-0.2, -0.15) is 0 Å². The van der Waals surface area contributed by atoms with Crippen LogP contribution < -0.4 is 5.32 Å². The monoisotopic (exact) mass is 333 g/mol. The van der Waals surface area contributed by atoms with Crippen molar-refractivity contribution in [2.75, 3.05) is 39.3 Å². The largest absolute Gasteiger partial charge is 0.354 e. The molecule has 0 aliphatic carbocycles. The molecule has 2 saturated heterocycles. The number of terminal acetylenes is 1. The average molecular weight is 334 g/mol. The summed E-state index contributed by atoms with van der Waals surface area (Å²) in [6, 6.07) is 0. The lowest BCUT2D eigenvalue weighted by Crippen LogP contribution is -2.56. The van der Waals surface area contributed by atoms with E-state index < -0.39 is 0 Å². The molecule has 0 aromatic carbocycles. The van der Waals surface area contributed by atoms with E-state index in [-0.39, 0.29) is 17.4 Å². The summed E-state index contributed by atoms with van der Waals surface area (Å²) in [6.07, 6.45) is 8.52. The van der Waals surface area contributed by atoms with Crippen LogP contribution in [-0.2, 0) is 4.79 Å². The van der Waals surface area contributed by atoms with Gasteiger partial charge in [0.2, 0.25) is 5.91 Å². The van der Waals surface area contributed by atoms with E-state index in [2.05, 4.69) is 48.7 Å². The van der Waals surface area contributed by atoms with Crippen LogP contribution in [0.5, 0.6) is 0 Å². The topological polar surface area (TPSA) is 35.6 Å². The van der Waals surface area contributed by atoms with Gasteiger partial charge < -0.3 is 5.32 Å². The van der Waals surface area contributed by atoms with Crippen LogP contribution >= 0.6 is 0 Å². The molecule has 0 bridgehead atoms. The first kappa shape index (κ1) is 19.3. The first-order valence-electron chi connectivity index (χ1n) is 9.50. The number of nitrogens with zero attached hydrogens (tertiary/aromatic N) is 2. The van der Waals surface area contributed by atoms with Crippen molar-refractivity contribution >= 4 is 5.91 Å². The zero-order chi connectivity index (χ0) is 17.7. The molecule has 2 atom stereocenters. The molecule has 24 heavy (non-hydrogen) atoms. The summed E-state index contributed by atoms with van der Waals surface area (Å²) in [4.78, 5) is 17.3.